The molecule has 0 bridgehead atoms. The molecule has 1 aliphatic heterocycles. The van der Waals surface area contributed by atoms with E-state index in [1.54, 1.807) is 0 Å². The zero-order chi connectivity index (χ0) is 18.9. The Morgan fingerprint density at radius 1 is 0.960 bits per heavy atom. The SMILES string of the molecule is N#CC1NC(C#N)C(OC(Cl)(Cl)Cl)(C2CCCC2)NC1OC(Cl)(Cl)Cl. The van der Waals surface area contributed by atoms with E-state index in [0.29, 0.717) is 0 Å². The standard InChI is InChI=1S/C13H14Cl6N4O2/c14-12(15,16)24-10-8(5-20)22-9(6-21)11(23-10,25-13(17,18)19)7-3-1-2-4-7/h7-10,22-23H,1-4H2. The van der Waals surface area contributed by atoms with E-state index in [1.165, 1.54) is 0 Å². The topological polar surface area (TPSA) is 90.1 Å². The number of piperazine rings is 1. The predicted octanol–water partition coefficient (Wildman–Crippen LogP) is 3.86. The van der Waals surface area contributed by atoms with Crippen LogP contribution in [-0.4, -0.2) is 32.0 Å². The number of hydrogen-bond acceptors (Lipinski definition) is 6. The number of nitrogens with one attached hydrogen (secondary N) is 2. The van der Waals surface area contributed by atoms with E-state index in [2.05, 4.69) is 16.7 Å². The van der Waals surface area contributed by atoms with Crippen molar-refractivity contribution in [3.63, 3.8) is 0 Å². The molecule has 2 aliphatic rings. The summed E-state index contributed by atoms with van der Waals surface area (Å²) in [5, 5.41) is 24.8. The number of nitriles is 2. The third kappa shape index (κ3) is 5.53. The molecule has 0 aromatic carbocycles. The average molecular weight is 471 g/mol. The molecule has 4 unspecified atom stereocenters. The van der Waals surface area contributed by atoms with Crippen molar-refractivity contribution in [2.45, 2.75) is 57.7 Å². The maximum absolute atomic E-state index is 9.63. The van der Waals surface area contributed by atoms with E-state index in [0.717, 1.165) is 25.7 Å². The lowest BCUT2D eigenvalue weighted by atomic mass is 9.84. The zero-order valence-corrected chi connectivity index (χ0v) is 17.2. The van der Waals surface area contributed by atoms with Crippen LogP contribution in [-0.2, 0) is 9.47 Å². The smallest absolute Gasteiger partial charge is 0.299 e. The highest BCUT2D eigenvalue weighted by atomic mass is 35.6. The summed E-state index contributed by atoms with van der Waals surface area (Å²) >= 11 is 34.6. The maximum atomic E-state index is 9.63. The van der Waals surface area contributed by atoms with Gasteiger partial charge < -0.3 is 9.47 Å². The third-order valence-electron chi connectivity index (χ3n) is 4.22. The molecule has 140 valence electrons. The molecule has 1 saturated carbocycles. The molecule has 25 heavy (non-hydrogen) atoms. The Bertz CT molecular complexity index is 563. The summed E-state index contributed by atoms with van der Waals surface area (Å²) in [7, 11) is 0. The summed E-state index contributed by atoms with van der Waals surface area (Å²) in [6, 6.07) is 2.03. The van der Waals surface area contributed by atoms with Gasteiger partial charge in [-0.05, 0) is 12.8 Å². The highest BCUT2D eigenvalue weighted by Gasteiger charge is 2.57. The van der Waals surface area contributed by atoms with Gasteiger partial charge >= 0.3 is 0 Å². The number of halogens is 6. The Labute approximate surface area is 175 Å². The first-order valence-corrected chi connectivity index (χ1v) is 9.62. The largest absolute Gasteiger partial charge is 0.313 e. The van der Waals surface area contributed by atoms with Gasteiger partial charge in [-0.1, -0.05) is 82.4 Å². The van der Waals surface area contributed by atoms with Crippen LogP contribution >= 0.6 is 69.6 Å². The van der Waals surface area contributed by atoms with Crippen LogP contribution in [0.4, 0.5) is 0 Å². The van der Waals surface area contributed by atoms with Gasteiger partial charge in [0.05, 0.1) is 12.1 Å². The number of hydrogen-bond donors (Lipinski definition) is 2. The first kappa shape index (κ1) is 21.9. The van der Waals surface area contributed by atoms with Crippen LogP contribution < -0.4 is 10.6 Å². The fourth-order valence-corrected chi connectivity index (χ4v) is 4.00. The molecule has 0 radical (unpaired) electrons. The second kappa shape index (κ2) is 8.29. The molecule has 1 heterocycles. The van der Waals surface area contributed by atoms with Gasteiger partial charge in [0.25, 0.3) is 7.96 Å². The summed E-state index contributed by atoms with van der Waals surface area (Å²) < 4.78 is 6.74. The maximum Gasteiger partial charge on any atom is 0.299 e. The van der Waals surface area contributed by atoms with Gasteiger partial charge in [-0.25, -0.2) is 0 Å². The minimum atomic E-state index is -2.11. The normalized spacial score (nSPS) is 34.5. The molecule has 1 aliphatic carbocycles. The van der Waals surface area contributed by atoms with E-state index >= 15 is 0 Å². The molecular weight excluding hydrogens is 457 g/mol. The molecule has 0 aromatic rings. The van der Waals surface area contributed by atoms with Crippen molar-refractivity contribution in [2.24, 2.45) is 5.92 Å². The average Bonchev–Trinajstić information content (AvgIpc) is 2.98. The predicted molar refractivity (Wildman–Crippen MR) is 96.3 cm³/mol. The number of ether oxygens (including phenoxy) is 2. The molecular formula is C13H14Cl6N4O2. The van der Waals surface area contributed by atoms with E-state index in [9.17, 15) is 10.5 Å². The lowest BCUT2D eigenvalue weighted by molar-refractivity contribution is -0.184. The molecule has 0 aromatic heterocycles. The van der Waals surface area contributed by atoms with Crippen LogP contribution in [0.25, 0.3) is 0 Å². The second-order valence-corrected chi connectivity index (χ2v) is 10.1. The van der Waals surface area contributed by atoms with Crippen molar-refractivity contribution < 1.29 is 9.47 Å². The molecule has 0 amide bonds. The van der Waals surface area contributed by atoms with Crippen LogP contribution in [0.15, 0.2) is 0 Å². The number of rotatable bonds is 3. The Morgan fingerprint density at radius 2 is 1.56 bits per heavy atom. The number of nitrogens with zero attached hydrogens (tertiary/aromatic N) is 2. The van der Waals surface area contributed by atoms with Crippen molar-refractivity contribution in [3.8, 4) is 12.1 Å². The van der Waals surface area contributed by atoms with Crippen LogP contribution in [0, 0.1) is 28.6 Å². The zero-order valence-electron chi connectivity index (χ0n) is 12.6. The van der Waals surface area contributed by atoms with Crippen LogP contribution in [0.2, 0.25) is 0 Å². The Morgan fingerprint density at radius 3 is 2.00 bits per heavy atom. The van der Waals surface area contributed by atoms with Gasteiger partial charge in [-0.15, -0.1) is 0 Å². The number of alkyl halides is 6. The monoisotopic (exact) mass is 468 g/mol. The fraction of sp³-hybridized carbons (Fsp3) is 0.846. The Balaban J connectivity index is 2.42. The molecule has 6 nitrogen and oxygen atoms in total. The highest BCUT2D eigenvalue weighted by Crippen LogP contribution is 2.45. The van der Waals surface area contributed by atoms with Crippen molar-refractivity contribution in [1.29, 1.82) is 10.5 Å². The summed E-state index contributed by atoms with van der Waals surface area (Å²) in [5.41, 5.74) is -1.44. The van der Waals surface area contributed by atoms with E-state index in [1.807, 2.05) is 6.07 Å². The Hall–Kier alpha value is 0.560. The van der Waals surface area contributed by atoms with Crippen molar-refractivity contribution in [2.75, 3.05) is 0 Å². The lowest BCUT2D eigenvalue weighted by Crippen LogP contribution is -2.77. The van der Waals surface area contributed by atoms with Crippen LogP contribution in [0.1, 0.15) is 25.7 Å². The lowest BCUT2D eigenvalue weighted by Gasteiger charge is -2.51. The molecule has 12 heteroatoms. The third-order valence-corrected chi connectivity index (χ3v) is 4.72. The van der Waals surface area contributed by atoms with Crippen molar-refractivity contribution in [1.82, 2.24) is 10.6 Å². The summed E-state index contributed by atoms with van der Waals surface area (Å²) in [4.78, 5) is 0. The molecule has 4 atom stereocenters. The van der Waals surface area contributed by atoms with Gasteiger partial charge in [0.15, 0.2) is 5.72 Å². The minimum absolute atomic E-state index is 0.179. The molecule has 2 rings (SSSR count). The molecule has 0 spiro atoms. The Kier molecular flexibility index (Phi) is 7.24. The van der Waals surface area contributed by atoms with Crippen LogP contribution in [0.3, 0.4) is 0 Å². The van der Waals surface area contributed by atoms with Crippen molar-refractivity contribution in [3.05, 3.63) is 0 Å². The molecule has 2 fully saturated rings. The van der Waals surface area contributed by atoms with Gasteiger partial charge in [0, 0.05) is 5.92 Å². The second-order valence-electron chi connectivity index (χ2n) is 5.79. The first-order chi connectivity index (χ1) is 11.5. The minimum Gasteiger partial charge on any atom is -0.313 e. The first-order valence-electron chi connectivity index (χ1n) is 7.35. The van der Waals surface area contributed by atoms with Gasteiger partial charge in [-0.3, -0.25) is 10.6 Å². The molecule has 2 N–H and O–H groups in total. The van der Waals surface area contributed by atoms with Crippen LogP contribution in [0.5, 0.6) is 0 Å². The summed E-state index contributed by atoms with van der Waals surface area (Å²) in [5.74, 6) is -0.179. The highest BCUT2D eigenvalue weighted by molar-refractivity contribution is 6.66. The van der Waals surface area contributed by atoms with Gasteiger partial charge in [0.2, 0.25) is 0 Å². The van der Waals surface area contributed by atoms with E-state index in [-0.39, 0.29) is 5.92 Å². The fourth-order valence-electron chi connectivity index (χ4n) is 3.33. The van der Waals surface area contributed by atoms with Gasteiger partial charge in [0.1, 0.15) is 18.3 Å². The van der Waals surface area contributed by atoms with Crippen molar-refractivity contribution >= 4 is 69.6 Å². The summed E-state index contributed by atoms with van der Waals surface area (Å²) in [6.45, 7) is 0. The van der Waals surface area contributed by atoms with E-state index in [4.69, 9.17) is 79.1 Å². The quantitative estimate of drug-likeness (QED) is 0.608. The van der Waals surface area contributed by atoms with Gasteiger partial charge in [-0.2, -0.15) is 10.5 Å². The summed E-state index contributed by atoms with van der Waals surface area (Å²) in [6.07, 6.45) is 2.19. The molecule has 1 saturated heterocycles. The van der Waals surface area contributed by atoms with E-state index < -0.39 is 32.0 Å².